The maximum absolute atomic E-state index is 13.3. The van der Waals surface area contributed by atoms with Crippen LogP contribution < -0.4 is 10.6 Å². The van der Waals surface area contributed by atoms with E-state index in [2.05, 4.69) is 10.6 Å². The summed E-state index contributed by atoms with van der Waals surface area (Å²) in [4.78, 5) is 53.8. The monoisotopic (exact) mass is 499 g/mol. The van der Waals surface area contributed by atoms with Crippen LogP contribution in [0.25, 0.3) is 0 Å². The largest absolute Gasteiger partial charge is 0.455 e. The maximum Gasteiger partial charge on any atom is 0.310 e. The van der Waals surface area contributed by atoms with Crippen LogP contribution in [-0.4, -0.2) is 65.5 Å². The number of amides is 3. The van der Waals surface area contributed by atoms with Gasteiger partial charge in [-0.15, -0.1) is 0 Å². The second-order valence-electron chi connectivity index (χ2n) is 9.64. The van der Waals surface area contributed by atoms with E-state index in [0.717, 1.165) is 12.8 Å². The number of ether oxygens (including phenoxy) is 1. The van der Waals surface area contributed by atoms with E-state index in [4.69, 9.17) is 4.74 Å². The fourth-order valence-corrected chi connectivity index (χ4v) is 4.51. The van der Waals surface area contributed by atoms with Gasteiger partial charge in [0.05, 0.1) is 18.6 Å². The Hall–Kier alpha value is -3.20. The van der Waals surface area contributed by atoms with Crippen molar-refractivity contribution in [2.75, 3.05) is 19.7 Å². The highest BCUT2D eigenvalue weighted by atomic mass is 16.5. The van der Waals surface area contributed by atoms with Gasteiger partial charge in [0.1, 0.15) is 12.0 Å². The molecular formula is C27H37N3O6. The minimum atomic E-state index is -1.02. The fourth-order valence-electron chi connectivity index (χ4n) is 4.51. The number of cyclic esters (lactones) is 1. The van der Waals surface area contributed by atoms with Crippen molar-refractivity contribution >= 4 is 23.7 Å². The molecule has 9 nitrogen and oxygen atoms in total. The number of esters is 1. The summed E-state index contributed by atoms with van der Waals surface area (Å²) in [6.45, 7) is 4.53. The van der Waals surface area contributed by atoms with Gasteiger partial charge < -0.3 is 25.4 Å². The van der Waals surface area contributed by atoms with Crippen molar-refractivity contribution in [1.82, 2.24) is 15.5 Å². The SMILES string of the molecule is C[C@H](CO)NC(=O)C1CC=CCC(CC(=O)N2CCCC2)C(=O)OC(c2ccccc2)[C@H](C)NC1=O. The van der Waals surface area contributed by atoms with Crippen LogP contribution in [0.3, 0.4) is 0 Å². The molecule has 2 aliphatic heterocycles. The van der Waals surface area contributed by atoms with Crippen LogP contribution in [0.4, 0.5) is 0 Å². The predicted molar refractivity (Wildman–Crippen MR) is 133 cm³/mol. The number of hydrogen-bond acceptors (Lipinski definition) is 6. The first-order valence-corrected chi connectivity index (χ1v) is 12.7. The number of allylic oxidation sites excluding steroid dienone is 2. The number of nitrogens with one attached hydrogen (secondary N) is 2. The lowest BCUT2D eigenvalue weighted by atomic mass is 9.96. The molecule has 2 aliphatic rings. The Morgan fingerprint density at radius 2 is 1.81 bits per heavy atom. The maximum atomic E-state index is 13.3. The van der Waals surface area contributed by atoms with Gasteiger partial charge in [-0.25, -0.2) is 0 Å². The molecule has 1 fully saturated rings. The molecule has 2 heterocycles. The van der Waals surface area contributed by atoms with E-state index in [-0.39, 0.29) is 31.8 Å². The third-order valence-electron chi connectivity index (χ3n) is 6.66. The fraction of sp³-hybridized carbons (Fsp3) is 0.556. The summed E-state index contributed by atoms with van der Waals surface area (Å²) in [5, 5.41) is 14.8. The number of rotatable bonds is 6. The Morgan fingerprint density at radius 1 is 1.14 bits per heavy atom. The molecular weight excluding hydrogens is 462 g/mol. The summed E-state index contributed by atoms with van der Waals surface area (Å²) in [6, 6.07) is 7.97. The summed E-state index contributed by atoms with van der Waals surface area (Å²) in [7, 11) is 0. The van der Waals surface area contributed by atoms with E-state index in [1.807, 2.05) is 30.3 Å². The lowest BCUT2D eigenvalue weighted by Crippen LogP contribution is -2.48. The summed E-state index contributed by atoms with van der Waals surface area (Å²) < 4.78 is 5.93. The van der Waals surface area contributed by atoms with E-state index in [1.54, 1.807) is 30.9 Å². The molecule has 3 N–H and O–H groups in total. The molecule has 0 aliphatic carbocycles. The van der Waals surface area contributed by atoms with Crippen LogP contribution in [0.15, 0.2) is 42.5 Å². The Kier molecular flexibility index (Phi) is 10.0. The number of aliphatic hydroxyl groups excluding tert-OH is 1. The first-order valence-electron chi connectivity index (χ1n) is 12.7. The first-order chi connectivity index (χ1) is 17.3. The van der Waals surface area contributed by atoms with Gasteiger partial charge in [0.15, 0.2) is 0 Å². The Bertz CT molecular complexity index is 944. The minimum Gasteiger partial charge on any atom is -0.455 e. The van der Waals surface area contributed by atoms with Gasteiger partial charge in [-0.3, -0.25) is 19.2 Å². The quantitative estimate of drug-likeness (QED) is 0.312. The number of hydrogen-bond donors (Lipinski definition) is 3. The topological polar surface area (TPSA) is 125 Å². The van der Waals surface area contributed by atoms with Crippen molar-refractivity contribution in [3.05, 3.63) is 48.0 Å². The minimum absolute atomic E-state index is 0.0450. The zero-order chi connectivity index (χ0) is 26.1. The van der Waals surface area contributed by atoms with Crippen LogP contribution in [0.1, 0.15) is 57.6 Å². The molecule has 1 aromatic rings. The first kappa shape index (κ1) is 27.4. The van der Waals surface area contributed by atoms with Crippen molar-refractivity contribution in [3.63, 3.8) is 0 Å². The number of carbonyl (C=O) groups is 4. The molecule has 3 unspecified atom stereocenters. The third-order valence-corrected chi connectivity index (χ3v) is 6.66. The number of nitrogens with zero attached hydrogens (tertiary/aromatic N) is 1. The van der Waals surface area contributed by atoms with E-state index in [0.29, 0.717) is 18.7 Å². The Labute approximate surface area is 212 Å². The van der Waals surface area contributed by atoms with Crippen LogP contribution in [-0.2, 0) is 23.9 Å². The second kappa shape index (κ2) is 13.2. The van der Waals surface area contributed by atoms with Gasteiger partial charge in [0.2, 0.25) is 17.7 Å². The normalized spacial score (nSPS) is 26.2. The molecule has 5 atom stereocenters. The van der Waals surface area contributed by atoms with E-state index in [9.17, 15) is 24.3 Å². The average molecular weight is 500 g/mol. The predicted octanol–water partition coefficient (Wildman–Crippen LogP) is 1.87. The second-order valence-corrected chi connectivity index (χ2v) is 9.64. The van der Waals surface area contributed by atoms with Crippen LogP contribution in [0, 0.1) is 11.8 Å². The Morgan fingerprint density at radius 3 is 2.47 bits per heavy atom. The zero-order valence-corrected chi connectivity index (χ0v) is 21.0. The molecule has 0 spiro atoms. The molecule has 36 heavy (non-hydrogen) atoms. The molecule has 9 heteroatoms. The third kappa shape index (κ3) is 7.40. The zero-order valence-electron chi connectivity index (χ0n) is 21.0. The highest BCUT2D eigenvalue weighted by Crippen LogP contribution is 2.27. The number of likely N-dealkylation sites (tertiary alicyclic amines) is 1. The highest BCUT2D eigenvalue weighted by Gasteiger charge is 2.34. The van der Waals surface area contributed by atoms with Gasteiger partial charge in [0.25, 0.3) is 0 Å². The van der Waals surface area contributed by atoms with Crippen molar-refractivity contribution < 1.29 is 29.0 Å². The summed E-state index contributed by atoms with van der Waals surface area (Å²) in [6.07, 6.45) is 4.99. The summed E-state index contributed by atoms with van der Waals surface area (Å²) in [5.41, 5.74) is 0.700. The molecule has 1 saturated heterocycles. The molecule has 0 radical (unpaired) electrons. The van der Waals surface area contributed by atoms with Crippen molar-refractivity contribution in [3.8, 4) is 0 Å². The number of carbonyl (C=O) groups excluding carboxylic acids is 4. The van der Waals surface area contributed by atoms with Crippen molar-refractivity contribution in [2.45, 2.75) is 64.1 Å². The van der Waals surface area contributed by atoms with Gasteiger partial charge in [-0.05, 0) is 45.1 Å². The van der Waals surface area contributed by atoms with E-state index >= 15 is 0 Å². The summed E-state index contributed by atoms with van der Waals surface area (Å²) >= 11 is 0. The smallest absolute Gasteiger partial charge is 0.310 e. The molecule has 3 rings (SSSR count). The lowest BCUT2D eigenvalue weighted by molar-refractivity contribution is -0.159. The molecule has 1 aromatic carbocycles. The lowest BCUT2D eigenvalue weighted by Gasteiger charge is -2.29. The van der Waals surface area contributed by atoms with Crippen LogP contribution >= 0.6 is 0 Å². The number of benzene rings is 1. The average Bonchev–Trinajstić information content (AvgIpc) is 3.41. The summed E-state index contributed by atoms with van der Waals surface area (Å²) in [5.74, 6) is -3.24. The number of aliphatic hydroxyl groups is 1. The molecule has 3 amide bonds. The van der Waals surface area contributed by atoms with Crippen LogP contribution in [0.2, 0.25) is 0 Å². The van der Waals surface area contributed by atoms with Crippen LogP contribution in [0.5, 0.6) is 0 Å². The van der Waals surface area contributed by atoms with E-state index in [1.165, 1.54) is 0 Å². The van der Waals surface area contributed by atoms with Gasteiger partial charge in [-0.1, -0.05) is 42.5 Å². The molecule has 0 saturated carbocycles. The molecule has 0 bridgehead atoms. The highest BCUT2D eigenvalue weighted by molar-refractivity contribution is 6.00. The van der Waals surface area contributed by atoms with Crippen molar-refractivity contribution in [2.24, 2.45) is 11.8 Å². The Balaban J connectivity index is 1.87. The van der Waals surface area contributed by atoms with Gasteiger partial charge >= 0.3 is 5.97 Å². The van der Waals surface area contributed by atoms with Crippen molar-refractivity contribution in [1.29, 1.82) is 0 Å². The standard InChI is InChI=1S/C27H37N3O6/c1-18(17-31)28-25(33)22-13-7-6-12-21(16-23(32)30-14-8-9-15-30)27(35)36-24(19(2)29-26(22)34)20-10-4-3-5-11-20/h3-7,10-11,18-19,21-22,24,31H,8-9,12-17H2,1-2H3,(H,28,33)(H,29,34)/t18-,19+,21?,22?,24?/m1/s1. The van der Waals surface area contributed by atoms with E-state index < -0.39 is 47.8 Å². The van der Waals surface area contributed by atoms with Gasteiger partial charge in [0, 0.05) is 25.6 Å². The molecule has 0 aromatic heterocycles. The van der Waals surface area contributed by atoms with Gasteiger partial charge in [-0.2, -0.15) is 0 Å². The molecule has 196 valence electrons.